The van der Waals surface area contributed by atoms with Crippen LogP contribution in [0.2, 0.25) is 0 Å². The summed E-state index contributed by atoms with van der Waals surface area (Å²) in [6.45, 7) is 0.784. The standard InChI is InChI=1S/C12H20N2S2/c13-5-1-4-11-8-14-12(16-11)7-10-3-2-6-15-9-10/h8,10H,1-7,9,13H2. The zero-order valence-corrected chi connectivity index (χ0v) is 11.3. The summed E-state index contributed by atoms with van der Waals surface area (Å²) in [4.78, 5) is 5.94. The van der Waals surface area contributed by atoms with Gasteiger partial charge < -0.3 is 5.73 Å². The molecule has 1 aliphatic heterocycles. The largest absolute Gasteiger partial charge is 0.330 e. The van der Waals surface area contributed by atoms with E-state index in [9.17, 15) is 0 Å². The maximum Gasteiger partial charge on any atom is 0.0930 e. The van der Waals surface area contributed by atoms with Gasteiger partial charge in [-0.25, -0.2) is 4.98 Å². The quantitative estimate of drug-likeness (QED) is 0.880. The minimum Gasteiger partial charge on any atom is -0.330 e. The number of hydrogen-bond donors (Lipinski definition) is 1. The lowest BCUT2D eigenvalue weighted by Crippen LogP contribution is -2.12. The predicted molar refractivity (Wildman–Crippen MR) is 73.2 cm³/mol. The van der Waals surface area contributed by atoms with Crippen molar-refractivity contribution >= 4 is 23.1 Å². The molecule has 90 valence electrons. The lowest BCUT2D eigenvalue weighted by molar-refractivity contribution is 0.520. The van der Waals surface area contributed by atoms with E-state index in [1.54, 1.807) is 0 Å². The molecule has 2 heterocycles. The predicted octanol–water partition coefficient (Wildman–Crippen LogP) is 2.72. The average Bonchev–Trinajstić information content (AvgIpc) is 2.75. The van der Waals surface area contributed by atoms with Crippen molar-refractivity contribution in [3.05, 3.63) is 16.1 Å². The van der Waals surface area contributed by atoms with Crippen LogP contribution in [0.3, 0.4) is 0 Å². The maximum absolute atomic E-state index is 5.51. The van der Waals surface area contributed by atoms with Crippen LogP contribution < -0.4 is 5.73 Å². The molecule has 2 N–H and O–H groups in total. The number of hydrogen-bond acceptors (Lipinski definition) is 4. The summed E-state index contributed by atoms with van der Waals surface area (Å²) in [5.74, 6) is 3.56. The highest BCUT2D eigenvalue weighted by molar-refractivity contribution is 7.99. The van der Waals surface area contributed by atoms with E-state index in [2.05, 4.69) is 16.7 Å². The van der Waals surface area contributed by atoms with Gasteiger partial charge in [-0.05, 0) is 49.7 Å². The molecule has 16 heavy (non-hydrogen) atoms. The van der Waals surface area contributed by atoms with Gasteiger partial charge in [-0.1, -0.05) is 0 Å². The van der Waals surface area contributed by atoms with Crippen molar-refractivity contribution in [3.8, 4) is 0 Å². The molecule has 0 spiro atoms. The van der Waals surface area contributed by atoms with Crippen molar-refractivity contribution in [3.63, 3.8) is 0 Å². The SMILES string of the molecule is NCCCc1cnc(CC2CCCSC2)s1. The molecule has 1 aromatic heterocycles. The Labute approximate surface area is 106 Å². The number of aryl methyl sites for hydroxylation is 1. The molecule has 0 amide bonds. The summed E-state index contributed by atoms with van der Waals surface area (Å²) < 4.78 is 0. The lowest BCUT2D eigenvalue weighted by Gasteiger charge is -2.19. The topological polar surface area (TPSA) is 38.9 Å². The van der Waals surface area contributed by atoms with E-state index in [4.69, 9.17) is 5.73 Å². The first-order valence-corrected chi connectivity index (χ1v) is 8.07. The molecule has 0 aromatic carbocycles. The zero-order valence-electron chi connectivity index (χ0n) is 9.65. The number of rotatable bonds is 5. The number of thioether (sulfide) groups is 1. The molecule has 0 bridgehead atoms. The molecule has 2 nitrogen and oxygen atoms in total. The average molecular weight is 256 g/mol. The molecule has 1 unspecified atom stereocenters. The molecular formula is C12H20N2S2. The first-order valence-electron chi connectivity index (χ1n) is 6.10. The molecule has 2 rings (SSSR count). The maximum atomic E-state index is 5.51. The molecular weight excluding hydrogens is 236 g/mol. The van der Waals surface area contributed by atoms with Gasteiger partial charge in [-0.15, -0.1) is 11.3 Å². The Balaban J connectivity index is 1.81. The van der Waals surface area contributed by atoms with Gasteiger partial charge in [-0.3, -0.25) is 0 Å². The van der Waals surface area contributed by atoms with Gasteiger partial charge in [0.1, 0.15) is 0 Å². The van der Waals surface area contributed by atoms with E-state index >= 15 is 0 Å². The summed E-state index contributed by atoms with van der Waals surface area (Å²) in [6.07, 6.45) is 8.21. The molecule has 1 aliphatic rings. The molecule has 0 radical (unpaired) electrons. The van der Waals surface area contributed by atoms with Gasteiger partial charge in [0.15, 0.2) is 0 Å². The lowest BCUT2D eigenvalue weighted by atomic mass is 10.0. The number of thiazole rings is 1. The second-order valence-electron chi connectivity index (χ2n) is 4.40. The summed E-state index contributed by atoms with van der Waals surface area (Å²) in [5, 5.41) is 1.33. The van der Waals surface area contributed by atoms with Crippen LogP contribution in [-0.2, 0) is 12.8 Å². The smallest absolute Gasteiger partial charge is 0.0930 e. The summed E-state index contributed by atoms with van der Waals surface area (Å²) in [7, 11) is 0. The monoisotopic (exact) mass is 256 g/mol. The second-order valence-corrected chi connectivity index (χ2v) is 6.75. The third-order valence-electron chi connectivity index (χ3n) is 2.95. The van der Waals surface area contributed by atoms with E-state index in [1.807, 2.05) is 17.5 Å². The minimum atomic E-state index is 0.784. The van der Waals surface area contributed by atoms with Crippen LogP contribution >= 0.6 is 23.1 Å². The van der Waals surface area contributed by atoms with Crippen LogP contribution in [0, 0.1) is 5.92 Å². The molecule has 1 saturated heterocycles. The van der Waals surface area contributed by atoms with Crippen molar-refractivity contribution in [2.45, 2.75) is 32.1 Å². The van der Waals surface area contributed by atoms with E-state index in [1.165, 1.54) is 40.7 Å². The Bertz CT molecular complexity index is 306. The third kappa shape index (κ3) is 3.75. The van der Waals surface area contributed by atoms with Gasteiger partial charge >= 0.3 is 0 Å². The first-order chi connectivity index (χ1) is 7.88. The highest BCUT2D eigenvalue weighted by atomic mass is 32.2. The second kappa shape index (κ2) is 6.62. The van der Waals surface area contributed by atoms with Gasteiger partial charge in [0.25, 0.3) is 0 Å². The van der Waals surface area contributed by atoms with E-state index < -0.39 is 0 Å². The van der Waals surface area contributed by atoms with Crippen molar-refractivity contribution in [1.29, 1.82) is 0 Å². The summed E-state index contributed by atoms with van der Waals surface area (Å²) in [5.41, 5.74) is 5.51. The summed E-state index contributed by atoms with van der Waals surface area (Å²) in [6, 6.07) is 0. The Kier molecular flexibility index (Phi) is 5.13. The van der Waals surface area contributed by atoms with E-state index in [0.717, 1.165) is 25.3 Å². The highest BCUT2D eigenvalue weighted by Gasteiger charge is 2.15. The van der Waals surface area contributed by atoms with Crippen LogP contribution in [0.1, 0.15) is 29.1 Å². The van der Waals surface area contributed by atoms with Crippen molar-refractivity contribution in [2.75, 3.05) is 18.1 Å². The minimum absolute atomic E-state index is 0.784. The Morgan fingerprint density at radius 1 is 1.50 bits per heavy atom. The van der Waals surface area contributed by atoms with Crippen LogP contribution in [0.25, 0.3) is 0 Å². The molecule has 0 saturated carbocycles. The van der Waals surface area contributed by atoms with Gasteiger partial charge in [0.2, 0.25) is 0 Å². The molecule has 1 atom stereocenters. The fourth-order valence-electron chi connectivity index (χ4n) is 2.05. The number of aromatic nitrogens is 1. The first kappa shape index (κ1) is 12.4. The number of nitrogens with two attached hydrogens (primary N) is 1. The van der Waals surface area contributed by atoms with E-state index in [-0.39, 0.29) is 0 Å². The van der Waals surface area contributed by atoms with Crippen molar-refractivity contribution in [1.82, 2.24) is 4.98 Å². The fraction of sp³-hybridized carbons (Fsp3) is 0.750. The van der Waals surface area contributed by atoms with Crippen LogP contribution in [0.15, 0.2) is 6.20 Å². The Morgan fingerprint density at radius 3 is 3.19 bits per heavy atom. The molecule has 1 aromatic rings. The molecule has 4 heteroatoms. The van der Waals surface area contributed by atoms with Gasteiger partial charge in [-0.2, -0.15) is 11.8 Å². The van der Waals surface area contributed by atoms with Crippen LogP contribution in [0.4, 0.5) is 0 Å². The van der Waals surface area contributed by atoms with Crippen molar-refractivity contribution < 1.29 is 0 Å². The molecule has 0 aliphatic carbocycles. The van der Waals surface area contributed by atoms with Gasteiger partial charge in [0.05, 0.1) is 5.01 Å². The van der Waals surface area contributed by atoms with Crippen LogP contribution in [0.5, 0.6) is 0 Å². The number of nitrogens with zero attached hydrogens (tertiary/aromatic N) is 1. The summed E-state index contributed by atoms with van der Waals surface area (Å²) >= 11 is 3.99. The van der Waals surface area contributed by atoms with Crippen molar-refractivity contribution in [2.24, 2.45) is 11.7 Å². The fourth-order valence-corrected chi connectivity index (χ4v) is 4.28. The Hall–Kier alpha value is -0.0600. The van der Waals surface area contributed by atoms with E-state index in [0.29, 0.717) is 0 Å². The third-order valence-corrected chi connectivity index (χ3v) is 5.31. The molecule has 1 fully saturated rings. The van der Waals surface area contributed by atoms with Crippen LogP contribution in [-0.4, -0.2) is 23.0 Å². The highest BCUT2D eigenvalue weighted by Crippen LogP contribution is 2.27. The van der Waals surface area contributed by atoms with Gasteiger partial charge in [0, 0.05) is 17.5 Å². The normalized spacial score (nSPS) is 21.2. The Morgan fingerprint density at radius 2 is 2.44 bits per heavy atom. The zero-order chi connectivity index (χ0) is 11.2.